The second kappa shape index (κ2) is 2.40. The predicted molar refractivity (Wildman–Crippen MR) is 35.4 cm³/mol. The van der Waals surface area contributed by atoms with Gasteiger partial charge in [0.2, 0.25) is 0 Å². The van der Waals surface area contributed by atoms with Crippen LogP contribution >= 0.6 is 0 Å². The van der Waals surface area contributed by atoms with E-state index < -0.39 is 0 Å². The smallest absolute Gasteiger partial charge is 0.284 e. The summed E-state index contributed by atoms with van der Waals surface area (Å²) in [5, 5.41) is 11.0. The predicted octanol–water partition coefficient (Wildman–Crippen LogP) is 0.0680. The maximum absolute atomic E-state index is 10.9. The van der Waals surface area contributed by atoms with E-state index in [1.807, 2.05) is 6.92 Å². The van der Waals surface area contributed by atoms with Crippen LogP contribution in [-0.4, -0.2) is 9.78 Å². The minimum atomic E-state index is -0.245. The van der Waals surface area contributed by atoms with E-state index in [4.69, 9.17) is 5.26 Å². The van der Waals surface area contributed by atoms with E-state index in [1.54, 1.807) is 6.07 Å². The molecule has 4 heteroatoms. The highest BCUT2D eigenvalue weighted by Crippen LogP contribution is 1.83. The summed E-state index contributed by atoms with van der Waals surface area (Å²) >= 11 is 0. The van der Waals surface area contributed by atoms with Crippen molar-refractivity contribution in [2.45, 2.75) is 13.5 Å². The van der Waals surface area contributed by atoms with E-state index >= 15 is 0 Å². The van der Waals surface area contributed by atoms with Crippen molar-refractivity contribution in [1.82, 2.24) is 9.78 Å². The molecule has 4 nitrogen and oxygen atoms in total. The molecule has 1 aromatic heterocycles. The van der Waals surface area contributed by atoms with Crippen LogP contribution in [0.5, 0.6) is 0 Å². The molecule has 1 aromatic rings. The van der Waals surface area contributed by atoms with Crippen LogP contribution in [-0.2, 0) is 6.54 Å². The fraction of sp³-hybridized carbons (Fsp3) is 0.333. The van der Waals surface area contributed by atoms with E-state index in [0.29, 0.717) is 6.54 Å². The Morgan fingerprint density at radius 3 is 2.90 bits per heavy atom. The van der Waals surface area contributed by atoms with Gasteiger partial charge in [-0.25, -0.2) is 0 Å². The fourth-order valence-corrected chi connectivity index (χ4v) is 0.723. The third kappa shape index (κ3) is 0.818. The molecule has 0 saturated heterocycles. The van der Waals surface area contributed by atoms with Gasteiger partial charge in [-0.2, -0.15) is 5.26 Å². The van der Waals surface area contributed by atoms with Crippen molar-refractivity contribution in [3.8, 4) is 6.07 Å². The minimum absolute atomic E-state index is 0.168. The van der Waals surface area contributed by atoms with Crippen molar-refractivity contribution >= 4 is 0 Å². The molecule has 0 bridgehead atoms. The average molecular weight is 137 g/mol. The number of aryl methyl sites for hydroxylation is 1. The van der Waals surface area contributed by atoms with Crippen molar-refractivity contribution in [3.63, 3.8) is 0 Å². The van der Waals surface area contributed by atoms with E-state index in [0.717, 1.165) is 0 Å². The first-order valence-electron chi connectivity index (χ1n) is 2.98. The zero-order valence-electron chi connectivity index (χ0n) is 5.59. The molecule has 0 unspecified atom stereocenters. The summed E-state index contributed by atoms with van der Waals surface area (Å²) < 4.78 is 1.37. The lowest BCUT2D eigenvalue weighted by molar-refractivity contribution is 0.638. The van der Waals surface area contributed by atoms with Crippen molar-refractivity contribution in [3.05, 3.63) is 22.1 Å². The maximum Gasteiger partial charge on any atom is 0.284 e. The Labute approximate surface area is 57.7 Å². The second-order valence-corrected chi connectivity index (χ2v) is 1.85. The number of hydrogen-bond acceptors (Lipinski definition) is 2. The molecule has 1 heterocycles. The van der Waals surface area contributed by atoms with Gasteiger partial charge in [-0.15, -0.1) is 0 Å². The minimum Gasteiger partial charge on any atom is -0.302 e. The van der Waals surface area contributed by atoms with Crippen molar-refractivity contribution in [2.24, 2.45) is 0 Å². The van der Waals surface area contributed by atoms with Crippen LogP contribution in [0.1, 0.15) is 12.5 Å². The lowest BCUT2D eigenvalue weighted by Crippen LogP contribution is -2.16. The largest absolute Gasteiger partial charge is 0.302 e. The number of H-pyrrole nitrogens is 1. The average Bonchev–Trinajstić information content (AvgIpc) is 2.30. The van der Waals surface area contributed by atoms with Crippen LogP contribution in [0.15, 0.2) is 11.0 Å². The van der Waals surface area contributed by atoms with Gasteiger partial charge in [0.25, 0.3) is 5.56 Å². The van der Waals surface area contributed by atoms with Crippen LogP contribution in [0, 0.1) is 11.3 Å². The van der Waals surface area contributed by atoms with Crippen LogP contribution in [0.4, 0.5) is 0 Å². The number of aromatic nitrogens is 2. The molecule has 10 heavy (non-hydrogen) atoms. The highest BCUT2D eigenvalue weighted by molar-refractivity contribution is 5.21. The molecular formula is C6H7N3O. The highest BCUT2D eigenvalue weighted by atomic mass is 16.1. The van der Waals surface area contributed by atoms with Crippen molar-refractivity contribution in [1.29, 1.82) is 5.26 Å². The molecule has 0 atom stereocenters. The number of nitrogens with one attached hydrogen (secondary N) is 1. The standard InChI is InChI=1S/C6H7N3O/c1-2-9-6(10)5(3-7)4-8-9/h4,8H,2H2,1H3. The van der Waals surface area contributed by atoms with Gasteiger partial charge in [0.15, 0.2) is 0 Å². The number of rotatable bonds is 1. The lowest BCUT2D eigenvalue weighted by Gasteiger charge is -1.89. The van der Waals surface area contributed by atoms with Crippen molar-refractivity contribution in [2.75, 3.05) is 0 Å². The number of hydrogen-bond donors (Lipinski definition) is 1. The van der Waals surface area contributed by atoms with Gasteiger partial charge >= 0.3 is 0 Å². The molecular weight excluding hydrogens is 130 g/mol. The summed E-state index contributed by atoms with van der Waals surface area (Å²) in [4.78, 5) is 10.9. The van der Waals surface area contributed by atoms with E-state index in [1.165, 1.54) is 10.9 Å². The lowest BCUT2D eigenvalue weighted by atomic mass is 10.4. The molecule has 0 saturated carbocycles. The SMILES string of the molecule is CCn1[nH]cc(C#N)c1=O. The molecule has 0 aliphatic heterocycles. The van der Waals surface area contributed by atoms with E-state index in [-0.39, 0.29) is 11.1 Å². The Hall–Kier alpha value is -1.50. The van der Waals surface area contributed by atoms with Gasteiger partial charge in [0, 0.05) is 12.7 Å². The molecule has 1 N–H and O–H groups in total. The first-order chi connectivity index (χ1) is 4.79. The Balaban J connectivity index is 3.26. The maximum atomic E-state index is 10.9. The molecule has 0 aromatic carbocycles. The molecule has 1 rings (SSSR count). The van der Waals surface area contributed by atoms with Gasteiger partial charge < -0.3 is 5.10 Å². The van der Waals surface area contributed by atoms with E-state index in [9.17, 15) is 4.79 Å². The molecule has 0 aliphatic rings. The van der Waals surface area contributed by atoms with Gasteiger partial charge in [-0.05, 0) is 6.92 Å². The van der Waals surface area contributed by atoms with Crippen LogP contribution < -0.4 is 5.56 Å². The summed E-state index contributed by atoms with van der Waals surface area (Å²) in [7, 11) is 0. The molecule has 0 amide bonds. The Bertz CT molecular complexity index is 314. The normalized spacial score (nSPS) is 9.20. The third-order valence-corrected chi connectivity index (χ3v) is 1.28. The topological polar surface area (TPSA) is 61.6 Å². The van der Waals surface area contributed by atoms with Gasteiger partial charge in [0.1, 0.15) is 11.6 Å². The summed E-state index contributed by atoms with van der Waals surface area (Å²) in [6, 6.07) is 1.79. The zero-order chi connectivity index (χ0) is 7.56. The first-order valence-corrected chi connectivity index (χ1v) is 2.98. The van der Waals surface area contributed by atoms with Crippen LogP contribution in [0.3, 0.4) is 0 Å². The highest BCUT2D eigenvalue weighted by Gasteiger charge is 2.00. The van der Waals surface area contributed by atoms with E-state index in [2.05, 4.69) is 5.10 Å². The summed E-state index contributed by atoms with van der Waals surface area (Å²) in [6.45, 7) is 2.40. The number of nitriles is 1. The third-order valence-electron chi connectivity index (χ3n) is 1.28. The Morgan fingerprint density at radius 1 is 1.90 bits per heavy atom. The van der Waals surface area contributed by atoms with Crippen LogP contribution in [0.2, 0.25) is 0 Å². The molecule has 0 spiro atoms. The second-order valence-electron chi connectivity index (χ2n) is 1.85. The molecule has 0 radical (unpaired) electrons. The van der Waals surface area contributed by atoms with Gasteiger partial charge in [-0.1, -0.05) is 0 Å². The number of nitrogens with zero attached hydrogens (tertiary/aromatic N) is 2. The molecule has 52 valence electrons. The summed E-state index contributed by atoms with van der Waals surface area (Å²) in [5.74, 6) is 0. The molecule has 0 fully saturated rings. The molecule has 0 aliphatic carbocycles. The fourth-order valence-electron chi connectivity index (χ4n) is 0.723. The number of aromatic amines is 1. The Kier molecular flexibility index (Phi) is 1.59. The monoisotopic (exact) mass is 137 g/mol. The Morgan fingerprint density at radius 2 is 2.60 bits per heavy atom. The van der Waals surface area contributed by atoms with Gasteiger partial charge in [0.05, 0.1) is 0 Å². The van der Waals surface area contributed by atoms with Crippen LogP contribution in [0.25, 0.3) is 0 Å². The van der Waals surface area contributed by atoms with Gasteiger partial charge in [-0.3, -0.25) is 9.48 Å². The quantitative estimate of drug-likeness (QED) is 0.595. The first kappa shape index (κ1) is 6.62. The zero-order valence-corrected chi connectivity index (χ0v) is 5.59. The summed E-state index contributed by atoms with van der Waals surface area (Å²) in [5.41, 5.74) is -0.0770. The van der Waals surface area contributed by atoms with Crippen molar-refractivity contribution < 1.29 is 0 Å². The summed E-state index contributed by atoms with van der Waals surface area (Å²) in [6.07, 6.45) is 1.41.